The van der Waals surface area contributed by atoms with Gasteiger partial charge in [-0.15, -0.1) is 0 Å². The molecule has 1 aromatic carbocycles. The molecular formula is C16H15N3O3. The minimum absolute atomic E-state index is 0.0815. The third-order valence-corrected chi connectivity index (χ3v) is 3.29. The molecule has 0 bridgehead atoms. The molecule has 2 aromatic heterocycles. The summed E-state index contributed by atoms with van der Waals surface area (Å²) in [6, 6.07) is 11.2. The number of nitrogens with one attached hydrogen (secondary N) is 2. The van der Waals surface area contributed by atoms with Gasteiger partial charge in [-0.05, 0) is 35.4 Å². The van der Waals surface area contributed by atoms with Crippen molar-refractivity contribution in [2.24, 2.45) is 0 Å². The molecule has 3 N–H and O–H groups in total. The maximum absolute atomic E-state index is 11.3. The van der Waals surface area contributed by atoms with E-state index in [4.69, 9.17) is 9.62 Å². The molecule has 0 aliphatic carbocycles. The van der Waals surface area contributed by atoms with Gasteiger partial charge >= 0.3 is 5.91 Å². The van der Waals surface area contributed by atoms with Gasteiger partial charge in [0.25, 0.3) is 0 Å². The Hall–Kier alpha value is -2.70. The first-order valence-electron chi connectivity index (χ1n) is 6.83. The highest BCUT2D eigenvalue weighted by Crippen LogP contribution is 2.20. The molecule has 3 rings (SSSR count). The number of benzene rings is 1. The zero-order valence-corrected chi connectivity index (χ0v) is 11.7. The van der Waals surface area contributed by atoms with Gasteiger partial charge in [-0.1, -0.05) is 12.1 Å². The van der Waals surface area contributed by atoms with Gasteiger partial charge in [0, 0.05) is 30.9 Å². The lowest BCUT2D eigenvalue weighted by atomic mass is 10.1. The number of fused-ring (bicyclic) bond motifs is 1. The summed E-state index contributed by atoms with van der Waals surface area (Å²) in [5.74, 6) is -0.578. The number of aromatic nitrogens is 1. The van der Waals surface area contributed by atoms with Crippen LogP contribution in [0.4, 0.5) is 0 Å². The fourth-order valence-electron chi connectivity index (χ4n) is 2.22. The zero-order valence-electron chi connectivity index (χ0n) is 11.7. The molecule has 0 aliphatic rings. The molecule has 0 radical (unpaired) electrons. The molecular weight excluding hydrogens is 282 g/mol. The van der Waals surface area contributed by atoms with Crippen molar-refractivity contribution in [1.82, 2.24) is 15.8 Å². The SMILES string of the molecule is O=C(NO)c1cc2cc(CNCc3cccnc3)ccc2o1. The highest BCUT2D eigenvalue weighted by atomic mass is 16.5. The van der Waals surface area contributed by atoms with Crippen molar-refractivity contribution < 1.29 is 14.4 Å². The summed E-state index contributed by atoms with van der Waals surface area (Å²) in [7, 11) is 0. The van der Waals surface area contributed by atoms with Crippen LogP contribution in [-0.4, -0.2) is 16.1 Å². The van der Waals surface area contributed by atoms with Gasteiger partial charge in [-0.2, -0.15) is 0 Å². The Morgan fingerprint density at radius 1 is 1.18 bits per heavy atom. The van der Waals surface area contributed by atoms with Gasteiger partial charge in [0.1, 0.15) is 5.58 Å². The van der Waals surface area contributed by atoms with Crippen LogP contribution in [0.1, 0.15) is 21.7 Å². The summed E-state index contributed by atoms with van der Waals surface area (Å²) in [6.07, 6.45) is 3.57. The number of rotatable bonds is 5. The minimum Gasteiger partial charge on any atom is -0.451 e. The number of pyridine rings is 1. The summed E-state index contributed by atoms with van der Waals surface area (Å²) >= 11 is 0. The van der Waals surface area contributed by atoms with Crippen molar-refractivity contribution in [2.45, 2.75) is 13.1 Å². The highest BCUT2D eigenvalue weighted by Gasteiger charge is 2.11. The normalized spacial score (nSPS) is 10.8. The Bertz CT molecular complexity index is 784. The molecule has 1 amide bonds. The molecule has 6 nitrogen and oxygen atoms in total. The Morgan fingerprint density at radius 3 is 2.82 bits per heavy atom. The van der Waals surface area contributed by atoms with E-state index in [1.54, 1.807) is 17.7 Å². The Morgan fingerprint density at radius 2 is 2.05 bits per heavy atom. The summed E-state index contributed by atoms with van der Waals surface area (Å²) < 4.78 is 5.35. The predicted octanol–water partition coefficient (Wildman–Crippen LogP) is 2.24. The van der Waals surface area contributed by atoms with E-state index in [9.17, 15) is 4.79 Å². The van der Waals surface area contributed by atoms with Crippen molar-refractivity contribution in [3.63, 3.8) is 0 Å². The number of carbonyl (C=O) groups excluding carboxylic acids is 1. The van der Waals surface area contributed by atoms with E-state index in [0.717, 1.165) is 23.1 Å². The monoisotopic (exact) mass is 297 g/mol. The number of nitrogens with zero attached hydrogens (tertiary/aromatic N) is 1. The van der Waals surface area contributed by atoms with Gasteiger partial charge in [0.05, 0.1) is 0 Å². The first-order chi connectivity index (χ1) is 10.8. The second-order valence-corrected chi connectivity index (χ2v) is 4.89. The van der Waals surface area contributed by atoms with E-state index < -0.39 is 5.91 Å². The average Bonchev–Trinajstić information content (AvgIpc) is 2.98. The van der Waals surface area contributed by atoms with E-state index in [1.165, 1.54) is 0 Å². The maximum atomic E-state index is 11.3. The van der Waals surface area contributed by atoms with E-state index in [1.807, 2.05) is 36.5 Å². The predicted molar refractivity (Wildman–Crippen MR) is 80.2 cm³/mol. The maximum Gasteiger partial charge on any atom is 0.310 e. The molecule has 0 saturated carbocycles. The average molecular weight is 297 g/mol. The summed E-state index contributed by atoms with van der Waals surface area (Å²) in [4.78, 5) is 15.4. The largest absolute Gasteiger partial charge is 0.451 e. The topological polar surface area (TPSA) is 87.4 Å². The van der Waals surface area contributed by atoms with Crippen LogP contribution in [0.15, 0.2) is 53.2 Å². The van der Waals surface area contributed by atoms with Gasteiger partial charge in [-0.3, -0.25) is 15.0 Å². The van der Waals surface area contributed by atoms with Crippen LogP contribution in [0.3, 0.4) is 0 Å². The smallest absolute Gasteiger partial charge is 0.310 e. The summed E-state index contributed by atoms with van der Waals surface area (Å²) in [5, 5.41) is 12.8. The van der Waals surface area contributed by atoms with Crippen LogP contribution in [0.2, 0.25) is 0 Å². The second kappa shape index (κ2) is 6.38. The fourth-order valence-corrected chi connectivity index (χ4v) is 2.22. The first kappa shape index (κ1) is 14.2. The van der Waals surface area contributed by atoms with Gasteiger partial charge in [-0.25, -0.2) is 5.48 Å². The molecule has 0 atom stereocenters. The molecule has 0 unspecified atom stereocenters. The fraction of sp³-hybridized carbons (Fsp3) is 0.125. The Labute approximate surface area is 126 Å². The van der Waals surface area contributed by atoms with E-state index >= 15 is 0 Å². The molecule has 3 aromatic rings. The van der Waals surface area contributed by atoms with Gasteiger partial charge < -0.3 is 9.73 Å². The van der Waals surface area contributed by atoms with Crippen molar-refractivity contribution in [1.29, 1.82) is 0 Å². The number of hydrogen-bond acceptors (Lipinski definition) is 5. The van der Waals surface area contributed by atoms with Crippen LogP contribution in [0, 0.1) is 0 Å². The van der Waals surface area contributed by atoms with E-state index in [-0.39, 0.29) is 5.76 Å². The third kappa shape index (κ3) is 3.13. The molecule has 112 valence electrons. The van der Waals surface area contributed by atoms with Crippen molar-refractivity contribution in [3.05, 3.63) is 65.7 Å². The van der Waals surface area contributed by atoms with Crippen LogP contribution in [0.5, 0.6) is 0 Å². The lowest BCUT2D eigenvalue weighted by molar-refractivity contribution is 0.0678. The van der Waals surface area contributed by atoms with E-state index in [2.05, 4.69) is 10.3 Å². The molecule has 0 aliphatic heterocycles. The van der Waals surface area contributed by atoms with Crippen molar-refractivity contribution >= 4 is 16.9 Å². The molecule has 0 fully saturated rings. The first-order valence-corrected chi connectivity index (χ1v) is 6.83. The lowest BCUT2D eigenvalue weighted by Crippen LogP contribution is -2.17. The number of hydrogen-bond donors (Lipinski definition) is 3. The Kier molecular flexibility index (Phi) is 4.13. The molecule has 22 heavy (non-hydrogen) atoms. The summed E-state index contributed by atoms with van der Waals surface area (Å²) in [6.45, 7) is 1.42. The van der Waals surface area contributed by atoms with Crippen LogP contribution in [-0.2, 0) is 13.1 Å². The summed E-state index contributed by atoms with van der Waals surface area (Å²) in [5.41, 5.74) is 4.36. The van der Waals surface area contributed by atoms with E-state index in [0.29, 0.717) is 12.1 Å². The zero-order chi connectivity index (χ0) is 15.4. The lowest BCUT2D eigenvalue weighted by Gasteiger charge is -2.04. The number of carbonyl (C=O) groups is 1. The van der Waals surface area contributed by atoms with Gasteiger partial charge in [0.2, 0.25) is 0 Å². The number of hydroxylamine groups is 1. The van der Waals surface area contributed by atoms with Crippen molar-refractivity contribution in [2.75, 3.05) is 0 Å². The third-order valence-electron chi connectivity index (χ3n) is 3.29. The van der Waals surface area contributed by atoms with Crippen LogP contribution >= 0.6 is 0 Å². The molecule has 0 spiro atoms. The number of amides is 1. The number of furan rings is 1. The minimum atomic E-state index is -0.660. The van der Waals surface area contributed by atoms with Crippen LogP contribution < -0.4 is 10.8 Å². The molecule has 0 saturated heterocycles. The second-order valence-electron chi connectivity index (χ2n) is 4.89. The standard InChI is InChI=1S/C16H15N3O3/c20-16(19-21)15-7-13-6-11(3-4-14(13)22-15)8-18-10-12-2-1-5-17-9-12/h1-7,9,18,21H,8,10H2,(H,19,20). The highest BCUT2D eigenvalue weighted by molar-refractivity contribution is 5.95. The van der Waals surface area contributed by atoms with Crippen LogP contribution in [0.25, 0.3) is 11.0 Å². The Balaban J connectivity index is 1.68. The van der Waals surface area contributed by atoms with Gasteiger partial charge in [0.15, 0.2) is 5.76 Å². The quantitative estimate of drug-likeness (QED) is 0.496. The molecule has 2 heterocycles. The van der Waals surface area contributed by atoms with Crippen molar-refractivity contribution in [3.8, 4) is 0 Å². The molecule has 6 heteroatoms.